The van der Waals surface area contributed by atoms with E-state index >= 15 is 0 Å². The number of amides is 1. The first-order valence-corrected chi connectivity index (χ1v) is 6.28. The van der Waals surface area contributed by atoms with Gasteiger partial charge in [-0.2, -0.15) is 0 Å². The molecule has 0 fully saturated rings. The number of nitrogens with zero attached hydrogens (tertiary/aromatic N) is 2. The second-order valence-corrected chi connectivity index (χ2v) is 4.94. The summed E-state index contributed by atoms with van der Waals surface area (Å²) in [7, 11) is 0. The van der Waals surface area contributed by atoms with Crippen LogP contribution in [0.1, 0.15) is 15.9 Å². The van der Waals surface area contributed by atoms with Crippen molar-refractivity contribution in [1.29, 1.82) is 0 Å². The summed E-state index contributed by atoms with van der Waals surface area (Å²) >= 11 is 9.17. The highest BCUT2D eigenvalue weighted by Gasteiger charge is 2.10. The van der Waals surface area contributed by atoms with Crippen LogP contribution >= 0.6 is 27.5 Å². The van der Waals surface area contributed by atoms with Gasteiger partial charge >= 0.3 is 0 Å². The van der Waals surface area contributed by atoms with Crippen LogP contribution in [-0.2, 0) is 0 Å². The minimum absolute atomic E-state index is 0.164. The predicted molar refractivity (Wildman–Crippen MR) is 73.9 cm³/mol. The number of rotatable bonds is 2. The average Bonchev–Trinajstić information content (AvgIpc) is 2.31. The quantitative estimate of drug-likeness (QED) is 0.919. The summed E-state index contributed by atoms with van der Waals surface area (Å²) < 4.78 is 0.845. The summed E-state index contributed by atoms with van der Waals surface area (Å²) in [5.41, 5.74) is 1.52. The Kier molecular flexibility index (Phi) is 3.93. The maximum atomic E-state index is 12.0. The first kappa shape index (κ1) is 13.0. The molecule has 1 aromatic carbocycles. The maximum absolute atomic E-state index is 12.0. The van der Waals surface area contributed by atoms with E-state index in [-0.39, 0.29) is 16.9 Å². The molecule has 0 atom stereocenters. The molecule has 0 unspecified atom stereocenters. The maximum Gasteiger partial charge on any atom is 0.256 e. The second-order valence-electron chi connectivity index (χ2n) is 3.67. The Labute approximate surface area is 118 Å². The lowest BCUT2D eigenvalue weighted by atomic mass is 10.1. The molecule has 0 aliphatic carbocycles. The number of benzene rings is 1. The Morgan fingerprint density at radius 2 is 2.00 bits per heavy atom. The van der Waals surface area contributed by atoms with Gasteiger partial charge in [0, 0.05) is 22.4 Å². The Bertz CT molecular complexity index is 583. The van der Waals surface area contributed by atoms with Gasteiger partial charge in [0.15, 0.2) is 11.0 Å². The first-order chi connectivity index (χ1) is 8.56. The van der Waals surface area contributed by atoms with Crippen molar-refractivity contribution in [3.63, 3.8) is 0 Å². The van der Waals surface area contributed by atoms with E-state index in [1.165, 1.54) is 12.4 Å². The average molecular weight is 327 g/mol. The van der Waals surface area contributed by atoms with Crippen molar-refractivity contribution in [2.45, 2.75) is 6.92 Å². The molecule has 1 aromatic heterocycles. The van der Waals surface area contributed by atoms with E-state index < -0.39 is 0 Å². The summed E-state index contributed by atoms with van der Waals surface area (Å²) in [5, 5.41) is 2.78. The number of halogens is 2. The van der Waals surface area contributed by atoms with Crippen LogP contribution in [0.25, 0.3) is 0 Å². The molecule has 1 N–H and O–H groups in total. The number of nitrogens with one attached hydrogen (secondary N) is 1. The summed E-state index contributed by atoms with van der Waals surface area (Å²) in [5.74, 6) is -0.0244. The SMILES string of the molecule is Cc1cc(Br)cc(C(=O)Nc2nccnc2Cl)c1. The smallest absolute Gasteiger partial charge is 0.256 e. The van der Waals surface area contributed by atoms with Crippen molar-refractivity contribution < 1.29 is 4.79 Å². The van der Waals surface area contributed by atoms with Gasteiger partial charge in [0.1, 0.15) is 0 Å². The highest BCUT2D eigenvalue weighted by molar-refractivity contribution is 9.10. The van der Waals surface area contributed by atoms with E-state index in [2.05, 4.69) is 31.2 Å². The standard InChI is InChI=1S/C12H9BrClN3O/c1-7-4-8(6-9(13)5-7)12(18)17-11-10(14)15-2-3-16-11/h2-6H,1H3,(H,16,17,18). The molecule has 18 heavy (non-hydrogen) atoms. The van der Waals surface area contributed by atoms with Crippen LogP contribution < -0.4 is 5.32 Å². The zero-order valence-corrected chi connectivity index (χ0v) is 11.8. The van der Waals surface area contributed by atoms with E-state index in [1.807, 2.05) is 13.0 Å². The molecule has 6 heteroatoms. The zero-order valence-electron chi connectivity index (χ0n) is 9.45. The highest BCUT2D eigenvalue weighted by atomic mass is 79.9. The zero-order chi connectivity index (χ0) is 13.1. The van der Waals surface area contributed by atoms with Gasteiger partial charge in [-0.1, -0.05) is 27.5 Å². The van der Waals surface area contributed by atoms with Gasteiger partial charge in [-0.15, -0.1) is 0 Å². The highest BCUT2D eigenvalue weighted by Crippen LogP contribution is 2.18. The van der Waals surface area contributed by atoms with E-state index in [9.17, 15) is 4.79 Å². The van der Waals surface area contributed by atoms with Crippen LogP contribution in [-0.4, -0.2) is 15.9 Å². The number of hydrogen-bond acceptors (Lipinski definition) is 3. The number of carbonyl (C=O) groups excluding carboxylic acids is 1. The van der Waals surface area contributed by atoms with Gasteiger partial charge in [-0.3, -0.25) is 4.79 Å². The minimum atomic E-state index is -0.276. The van der Waals surface area contributed by atoms with Crippen LogP contribution in [0.3, 0.4) is 0 Å². The van der Waals surface area contributed by atoms with Crippen LogP contribution in [0.15, 0.2) is 35.1 Å². The molecule has 0 bridgehead atoms. The van der Waals surface area contributed by atoms with Gasteiger partial charge in [-0.25, -0.2) is 9.97 Å². The van der Waals surface area contributed by atoms with Crippen molar-refractivity contribution in [2.75, 3.05) is 5.32 Å². The summed E-state index contributed by atoms with van der Waals surface area (Å²) in [4.78, 5) is 19.8. The molecule has 0 aliphatic heterocycles. The van der Waals surface area contributed by atoms with E-state index in [4.69, 9.17) is 11.6 Å². The number of aryl methyl sites for hydroxylation is 1. The van der Waals surface area contributed by atoms with E-state index in [0.29, 0.717) is 5.56 Å². The molecule has 92 valence electrons. The Hall–Kier alpha value is -1.46. The lowest BCUT2D eigenvalue weighted by Gasteiger charge is -2.06. The molecule has 0 saturated carbocycles. The third-order valence-electron chi connectivity index (χ3n) is 2.19. The van der Waals surface area contributed by atoms with Crippen molar-refractivity contribution in [3.8, 4) is 0 Å². The predicted octanol–water partition coefficient (Wildman–Crippen LogP) is 3.45. The molecule has 0 spiro atoms. The molecule has 0 aliphatic rings. The third-order valence-corrected chi connectivity index (χ3v) is 2.92. The molecule has 2 rings (SSSR count). The van der Waals surface area contributed by atoms with Crippen molar-refractivity contribution in [3.05, 3.63) is 51.3 Å². The number of aromatic nitrogens is 2. The summed E-state index contributed by atoms with van der Waals surface area (Å²) in [6, 6.07) is 5.43. The van der Waals surface area contributed by atoms with Crippen LogP contribution in [0.2, 0.25) is 5.15 Å². The molecule has 2 aromatic rings. The monoisotopic (exact) mass is 325 g/mol. The van der Waals surface area contributed by atoms with Crippen LogP contribution in [0.4, 0.5) is 5.82 Å². The van der Waals surface area contributed by atoms with Gasteiger partial charge in [0.05, 0.1) is 0 Å². The third kappa shape index (κ3) is 3.05. The number of hydrogen-bond donors (Lipinski definition) is 1. The summed E-state index contributed by atoms with van der Waals surface area (Å²) in [6.45, 7) is 1.91. The fourth-order valence-corrected chi connectivity index (χ4v) is 2.21. The molecule has 1 amide bonds. The Morgan fingerprint density at radius 1 is 1.28 bits per heavy atom. The molecular weight excluding hydrogens is 318 g/mol. The number of anilines is 1. The minimum Gasteiger partial charge on any atom is -0.304 e. The lowest BCUT2D eigenvalue weighted by molar-refractivity contribution is 0.102. The number of carbonyl (C=O) groups is 1. The fourth-order valence-electron chi connectivity index (χ4n) is 1.45. The van der Waals surface area contributed by atoms with E-state index in [1.54, 1.807) is 12.1 Å². The van der Waals surface area contributed by atoms with Crippen LogP contribution in [0, 0.1) is 6.92 Å². The molecule has 1 heterocycles. The van der Waals surface area contributed by atoms with Gasteiger partial charge in [-0.05, 0) is 30.7 Å². The second kappa shape index (κ2) is 5.46. The lowest BCUT2D eigenvalue weighted by Crippen LogP contribution is -2.13. The van der Waals surface area contributed by atoms with Gasteiger partial charge < -0.3 is 5.32 Å². The normalized spacial score (nSPS) is 10.2. The topological polar surface area (TPSA) is 54.9 Å². The molecule has 0 saturated heterocycles. The van der Waals surface area contributed by atoms with Gasteiger partial charge in [0.2, 0.25) is 0 Å². The van der Waals surface area contributed by atoms with Crippen molar-refractivity contribution in [2.24, 2.45) is 0 Å². The van der Waals surface area contributed by atoms with Crippen LogP contribution in [0.5, 0.6) is 0 Å². The Morgan fingerprint density at radius 3 is 2.67 bits per heavy atom. The molecule has 0 radical (unpaired) electrons. The van der Waals surface area contributed by atoms with Gasteiger partial charge in [0.25, 0.3) is 5.91 Å². The van der Waals surface area contributed by atoms with Crippen molar-refractivity contribution >= 4 is 39.3 Å². The molecule has 4 nitrogen and oxygen atoms in total. The summed E-state index contributed by atoms with van der Waals surface area (Å²) in [6.07, 6.45) is 2.93. The largest absolute Gasteiger partial charge is 0.304 e. The van der Waals surface area contributed by atoms with Crippen molar-refractivity contribution in [1.82, 2.24) is 9.97 Å². The first-order valence-electron chi connectivity index (χ1n) is 5.11. The molecular formula is C12H9BrClN3O. The van der Waals surface area contributed by atoms with E-state index in [0.717, 1.165) is 10.0 Å². The fraction of sp³-hybridized carbons (Fsp3) is 0.0833. The Balaban J connectivity index is 2.25.